The van der Waals surface area contributed by atoms with E-state index >= 15 is 0 Å². The average Bonchev–Trinajstić information content (AvgIpc) is 3.78. The number of amides is 3. The average molecular weight is 847 g/mol. The van der Waals surface area contributed by atoms with Crippen molar-refractivity contribution in [3.05, 3.63) is 44.1 Å². The quantitative estimate of drug-likeness (QED) is 0.0375. The molecule has 0 spiro atoms. The number of carbonyl (C=O) groups excluding carboxylic acids is 4. The third-order valence-corrected chi connectivity index (χ3v) is 12.2. The summed E-state index contributed by atoms with van der Waals surface area (Å²) >= 11 is 14.7. The molecule has 3 aliphatic rings. The molecule has 2 fully saturated rings. The Hall–Kier alpha value is -3.70. The first-order valence-corrected chi connectivity index (χ1v) is 18.9. The van der Waals surface area contributed by atoms with E-state index in [4.69, 9.17) is 33.8 Å². The van der Waals surface area contributed by atoms with E-state index in [1.807, 2.05) is 0 Å². The van der Waals surface area contributed by atoms with Gasteiger partial charge in [0.2, 0.25) is 0 Å². The summed E-state index contributed by atoms with van der Waals surface area (Å²) in [5.74, 6) is -3.71. The van der Waals surface area contributed by atoms with Crippen molar-refractivity contribution in [1.82, 2.24) is 40.7 Å². The molecule has 3 aromatic rings. The van der Waals surface area contributed by atoms with Gasteiger partial charge in [-0.15, -0.1) is 11.8 Å². The molecule has 0 radical (unpaired) electrons. The van der Waals surface area contributed by atoms with Gasteiger partial charge >= 0.3 is 29.6 Å². The van der Waals surface area contributed by atoms with E-state index < -0.39 is 52.0 Å². The van der Waals surface area contributed by atoms with Gasteiger partial charge in [0, 0.05) is 37.3 Å². The first-order valence-electron chi connectivity index (χ1n) is 16.3. The number of carbonyl (C=O) groups is 4. The van der Waals surface area contributed by atoms with Gasteiger partial charge in [0.15, 0.2) is 27.9 Å². The van der Waals surface area contributed by atoms with Crippen molar-refractivity contribution in [2.75, 3.05) is 45.2 Å². The number of hydrogen-bond donors (Lipinski definition) is 4. The number of nitrogens with one attached hydrogen (secondary N) is 1. The van der Waals surface area contributed by atoms with Gasteiger partial charge in [0.1, 0.15) is 28.0 Å². The predicted octanol–water partition coefficient (Wildman–Crippen LogP) is -2.97. The number of thiazole rings is 1. The number of carboxylic acids is 1. The summed E-state index contributed by atoms with van der Waals surface area (Å²) in [6.45, 7) is 3.69. The number of aliphatic carboxylic acids is 1. The van der Waals surface area contributed by atoms with Crippen LogP contribution in [0.3, 0.4) is 0 Å². The molecule has 3 amide bonds. The zero-order valence-electron chi connectivity index (χ0n) is 30.1. The number of likely N-dealkylation sites (N-methyl/N-ethyl adjacent to an activating group) is 1. The van der Waals surface area contributed by atoms with Gasteiger partial charge < -0.3 is 50.5 Å². The SMILES string of the molecule is CC(C)(O/N=C(\C(=O)N[C@@H]1C(=O)N2C(c3nnn[n-]3)=C(C[N+](C)(C)C3CCN(C(=O)c4ccc(O)c(O)c4Cl)CC3)CS[C@H]12)c1nc(N)sc1Cl)C(=O)[O-].[Na+]. The number of hydrogen-bond acceptors (Lipinski definition) is 16. The maximum Gasteiger partial charge on any atom is 1.00 e. The number of halogens is 2. The molecule has 0 aliphatic carbocycles. The van der Waals surface area contributed by atoms with Crippen LogP contribution in [-0.2, 0) is 19.2 Å². The number of thioether (sulfide) groups is 1. The summed E-state index contributed by atoms with van der Waals surface area (Å²) in [6.07, 6.45) is 1.29. The van der Waals surface area contributed by atoms with Gasteiger partial charge in [-0.05, 0) is 26.0 Å². The van der Waals surface area contributed by atoms with E-state index in [1.165, 1.54) is 42.6 Å². The van der Waals surface area contributed by atoms with E-state index in [2.05, 4.69) is 50.2 Å². The number of benzene rings is 1. The number of likely N-dealkylation sites (tertiary alicyclic amines) is 1. The molecule has 1 aromatic carbocycles. The van der Waals surface area contributed by atoms with Crippen molar-refractivity contribution in [1.29, 1.82) is 0 Å². The number of aromatic nitrogens is 5. The summed E-state index contributed by atoms with van der Waals surface area (Å²) < 4.78 is 0.490. The first kappa shape index (κ1) is 42.4. The second-order valence-corrected chi connectivity index (χ2v) is 16.9. The zero-order valence-corrected chi connectivity index (χ0v) is 35.3. The van der Waals surface area contributed by atoms with Crippen LogP contribution in [0.15, 0.2) is 22.9 Å². The van der Waals surface area contributed by atoms with Gasteiger partial charge in [-0.2, -0.15) is 5.21 Å². The molecular formula is C31H34Cl2N11NaO8S2. The van der Waals surface area contributed by atoms with Crippen LogP contribution in [-0.4, -0.2) is 137 Å². The fourth-order valence-electron chi connectivity index (χ4n) is 6.40. The standard InChI is InChI=1S/C31H35Cl2N11O8S2.Na/c1-31(2,29(50)51)52-39-19(18-23(33)54-30(34)36-18)25(47)35-20-27(49)43-21(24-37-40-41-38-24)13(12-53-28(20)43)11-44(3,4)14-7-9-42(10-8-14)26(48)15-5-6-16(45)22(46)17(15)32;/h5-6,14,20,28H,7-12H2,1-4H3,(H6-,34,35,36,37,38,39,40,41,45,46,47,48,50,51);/q;+1/p-1/t20-,28-;/m1./s1. The molecule has 2 aromatic heterocycles. The smallest absolute Gasteiger partial charge is 0.546 e. The van der Waals surface area contributed by atoms with Gasteiger partial charge in [-0.3, -0.25) is 29.6 Å². The third-order valence-electron chi connectivity index (χ3n) is 9.43. The van der Waals surface area contributed by atoms with Crippen LogP contribution >= 0.6 is 46.3 Å². The Morgan fingerprint density at radius 2 is 1.91 bits per heavy atom. The van der Waals surface area contributed by atoms with E-state index in [-0.39, 0.29) is 73.1 Å². The van der Waals surface area contributed by atoms with Crippen LogP contribution < -0.4 is 50.8 Å². The molecule has 6 rings (SSSR count). The molecule has 3 aliphatic heterocycles. The number of phenols is 2. The molecule has 0 unspecified atom stereocenters. The van der Waals surface area contributed by atoms with Gasteiger partial charge in [-0.25, -0.2) is 4.98 Å². The molecule has 5 N–H and O–H groups in total. The number of anilines is 1. The number of β-lactam (4-membered cyclic amide) rings is 1. The number of carboxylic acid groups (broad SMARTS) is 1. The van der Waals surface area contributed by atoms with Crippen molar-refractivity contribution in [3.8, 4) is 11.5 Å². The maximum atomic E-state index is 13.8. The number of nitrogen functional groups attached to an aromatic ring is 1. The summed E-state index contributed by atoms with van der Waals surface area (Å²) in [5, 5.41) is 52.3. The monoisotopic (exact) mass is 845 g/mol. The Balaban J connectivity index is 0.00000580. The maximum absolute atomic E-state index is 13.8. The van der Waals surface area contributed by atoms with E-state index in [0.717, 1.165) is 16.9 Å². The van der Waals surface area contributed by atoms with Crippen LogP contribution in [0.2, 0.25) is 9.36 Å². The molecule has 19 nitrogen and oxygen atoms in total. The number of rotatable bonds is 11. The third kappa shape index (κ3) is 8.38. The fourth-order valence-corrected chi connectivity index (χ4v) is 8.90. The first-order chi connectivity index (χ1) is 25.4. The van der Waals surface area contributed by atoms with Crippen LogP contribution in [0.1, 0.15) is 48.6 Å². The second kappa shape index (κ2) is 16.4. The molecule has 288 valence electrons. The minimum absolute atomic E-state index is 0. The predicted molar refractivity (Wildman–Crippen MR) is 194 cm³/mol. The number of fused-ring (bicyclic) bond motifs is 1. The number of aromatic hydroxyl groups is 2. The molecule has 0 bridgehead atoms. The summed E-state index contributed by atoms with van der Waals surface area (Å²) in [4.78, 5) is 64.6. The largest absolute Gasteiger partial charge is 1.00 e. The van der Waals surface area contributed by atoms with Crippen molar-refractivity contribution < 1.29 is 73.4 Å². The Kier molecular flexibility index (Phi) is 12.7. The van der Waals surface area contributed by atoms with Crippen LogP contribution in [0, 0.1) is 0 Å². The summed E-state index contributed by atoms with van der Waals surface area (Å²) in [5.41, 5.74) is 4.59. The molecule has 2 saturated heterocycles. The Morgan fingerprint density at radius 1 is 1.22 bits per heavy atom. The van der Waals surface area contributed by atoms with Crippen molar-refractivity contribution in [2.45, 2.75) is 49.7 Å². The number of quaternary nitrogens is 1. The topological polar surface area (TPSA) is 264 Å². The van der Waals surface area contributed by atoms with Gasteiger partial charge in [0.05, 0.1) is 48.2 Å². The number of piperidine rings is 1. The summed E-state index contributed by atoms with van der Waals surface area (Å²) in [6, 6.07) is 1.67. The molecule has 24 heteroatoms. The van der Waals surface area contributed by atoms with Crippen LogP contribution in [0.25, 0.3) is 5.70 Å². The van der Waals surface area contributed by atoms with E-state index in [1.54, 1.807) is 4.90 Å². The minimum atomic E-state index is -1.92. The van der Waals surface area contributed by atoms with Gasteiger partial charge in [0.25, 0.3) is 17.7 Å². The van der Waals surface area contributed by atoms with Crippen LogP contribution in [0.4, 0.5) is 5.13 Å². The summed E-state index contributed by atoms with van der Waals surface area (Å²) in [7, 11) is 4.12. The number of nitrogens with zero attached hydrogens (tertiary/aromatic N) is 9. The van der Waals surface area contributed by atoms with E-state index in [0.29, 0.717) is 48.4 Å². The Labute approximate surface area is 354 Å². The fraction of sp³-hybridized carbons (Fsp3) is 0.452. The normalized spacial score (nSPS) is 19.4. The molecular weight excluding hydrogens is 812 g/mol. The molecule has 2 atom stereocenters. The second-order valence-electron chi connectivity index (χ2n) is 13.8. The van der Waals surface area contributed by atoms with Gasteiger partial charge in [-0.1, -0.05) is 39.7 Å². The minimum Gasteiger partial charge on any atom is -0.546 e. The number of oxime groups is 1. The molecule has 5 heterocycles. The van der Waals surface area contributed by atoms with E-state index in [9.17, 15) is 34.5 Å². The molecule has 55 heavy (non-hydrogen) atoms. The number of phenolic OH excluding ortho intramolecular Hbond substituents is 2. The van der Waals surface area contributed by atoms with Crippen molar-refractivity contribution in [3.63, 3.8) is 0 Å². The van der Waals surface area contributed by atoms with Crippen LogP contribution in [0.5, 0.6) is 11.5 Å². The Bertz CT molecular complexity index is 2070. The van der Waals surface area contributed by atoms with Crippen molar-refractivity contribution in [2.24, 2.45) is 5.16 Å². The zero-order chi connectivity index (χ0) is 39.3. The number of tetrazole rings is 1. The Morgan fingerprint density at radius 3 is 2.51 bits per heavy atom. The number of nitrogens with two attached hydrogens (primary N) is 1. The van der Waals surface area contributed by atoms with Crippen molar-refractivity contribution >= 4 is 86.5 Å². The molecule has 0 saturated carbocycles.